The Morgan fingerprint density at radius 1 is 1.39 bits per heavy atom. The highest BCUT2D eigenvalue weighted by atomic mass is 32.2. The maximum absolute atomic E-state index is 10.8. The van der Waals surface area contributed by atoms with E-state index in [2.05, 4.69) is 5.32 Å². The first-order valence-corrected chi connectivity index (χ1v) is 7.41. The van der Waals surface area contributed by atoms with Gasteiger partial charge < -0.3 is 15.8 Å². The van der Waals surface area contributed by atoms with E-state index < -0.39 is 10.0 Å². The first-order chi connectivity index (χ1) is 8.44. The van der Waals surface area contributed by atoms with Crippen molar-refractivity contribution in [3.05, 3.63) is 18.2 Å². The molecule has 7 heteroatoms. The van der Waals surface area contributed by atoms with Gasteiger partial charge in [-0.15, -0.1) is 0 Å². The highest BCUT2D eigenvalue weighted by Gasteiger charge is 2.07. The fraction of sp³-hybridized carbons (Fsp3) is 0.455. The van der Waals surface area contributed by atoms with Gasteiger partial charge in [-0.3, -0.25) is 0 Å². The van der Waals surface area contributed by atoms with E-state index in [1.165, 1.54) is 0 Å². The number of rotatable bonds is 7. The first kappa shape index (κ1) is 14.6. The predicted octanol–water partition coefficient (Wildman–Crippen LogP) is 0.758. The highest BCUT2D eigenvalue weighted by Crippen LogP contribution is 2.29. The van der Waals surface area contributed by atoms with Crippen molar-refractivity contribution in [1.82, 2.24) is 0 Å². The molecule has 0 aliphatic rings. The van der Waals surface area contributed by atoms with Crippen molar-refractivity contribution in [3.63, 3.8) is 0 Å². The summed E-state index contributed by atoms with van der Waals surface area (Å²) in [5.74, 6) is 0.449. The van der Waals surface area contributed by atoms with Crippen molar-refractivity contribution < 1.29 is 13.2 Å². The Morgan fingerprint density at radius 2 is 2.11 bits per heavy atom. The van der Waals surface area contributed by atoms with Crippen molar-refractivity contribution in [3.8, 4) is 5.75 Å². The molecule has 0 aromatic heterocycles. The van der Waals surface area contributed by atoms with Crippen LogP contribution in [0.15, 0.2) is 18.2 Å². The largest absolute Gasteiger partial charge is 0.491 e. The number of primary sulfonamides is 1. The lowest BCUT2D eigenvalue weighted by atomic mass is 10.2. The third-order valence-corrected chi connectivity index (χ3v) is 3.00. The van der Waals surface area contributed by atoms with Crippen LogP contribution in [0.2, 0.25) is 0 Å². The Kier molecular flexibility index (Phi) is 5.24. The van der Waals surface area contributed by atoms with Crippen molar-refractivity contribution in [1.29, 1.82) is 0 Å². The molecule has 0 aliphatic heterocycles. The molecule has 0 saturated heterocycles. The number of nitrogens with two attached hydrogens (primary N) is 2. The minimum Gasteiger partial charge on any atom is -0.491 e. The monoisotopic (exact) mass is 273 g/mol. The van der Waals surface area contributed by atoms with Crippen LogP contribution in [-0.2, 0) is 10.0 Å². The van der Waals surface area contributed by atoms with Gasteiger partial charge in [-0.1, -0.05) is 13.0 Å². The average molecular weight is 273 g/mol. The second-order valence-corrected chi connectivity index (χ2v) is 5.59. The third-order valence-electron chi connectivity index (χ3n) is 2.23. The van der Waals surface area contributed by atoms with Gasteiger partial charge in [0.1, 0.15) is 5.75 Å². The van der Waals surface area contributed by atoms with Crippen LogP contribution in [0.4, 0.5) is 11.4 Å². The molecular formula is C11H19N3O3S. The molecule has 1 aromatic carbocycles. The van der Waals surface area contributed by atoms with E-state index in [0.717, 1.165) is 6.42 Å². The summed E-state index contributed by atoms with van der Waals surface area (Å²) >= 11 is 0. The maximum atomic E-state index is 10.8. The molecule has 5 N–H and O–H groups in total. The second kappa shape index (κ2) is 6.46. The Balaban J connectivity index is 2.66. The number of nitrogens with one attached hydrogen (secondary N) is 1. The summed E-state index contributed by atoms with van der Waals surface area (Å²) in [7, 11) is -3.47. The molecule has 0 fully saturated rings. The lowest BCUT2D eigenvalue weighted by Crippen LogP contribution is -2.22. The van der Waals surface area contributed by atoms with E-state index in [1.54, 1.807) is 18.2 Å². The van der Waals surface area contributed by atoms with Crippen molar-refractivity contribution in [2.45, 2.75) is 13.3 Å². The lowest BCUT2D eigenvalue weighted by Gasteiger charge is -2.13. The molecule has 0 aliphatic carbocycles. The Bertz CT molecular complexity index is 488. The van der Waals surface area contributed by atoms with Crippen LogP contribution in [0, 0.1) is 0 Å². The summed E-state index contributed by atoms with van der Waals surface area (Å²) in [5, 5.41) is 7.83. The van der Waals surface area contributed by atoms with Crippen LogP contribution in [0.25, 0.3) is 0 Å². The normalized spacial score (nSPS) is 11.2. The van der Waals surface area contributed by atoms with Gasteiger partial charge in [-0.25, -0.2) is 13.6 Å². The number of ether oxygens (including phenoxy) is 1. The Morgan fingerprint density at radius 3 is 2.72 bits per heavy atom. The minimum atomic E-state index is -3.47. The van der Waals surface area contributed by atoms with E-state index >= 15 is 0 Å². The summed E-state index contributed by atoms with van der Waals surface area (Å²) in [6.45, 7) is 2.80. The van der Waals surface area contributed by atoms with Gasteiger partial charge in [0, 0.05) is 6.54 Å². The topological polar surface area (TPSA) is 107 Å². The van der Waals surface area contributed by atoms with Gasteiger partial charge in [0.2, 0.25) is 10.0 Å². The second-order valence-electron chi connectivity index (χ2n) is 3.86. The molecule has 1 rings (SSSR count). The molecule has 18 heavy (non-hydrogen) atoms. The van der Waals surface area contributed by atoms with E-state index in [9.17, 15) is 8.42 Å². The zero-order valence-corrected chi connectivity index (χ0v) is 11.2. The fourth-order valence-electron chi connectivity index (χ4n) is 1.36. The molecule has 0 atom stereocenters. The average Bonchev–Trinajstić information content (AvgIpc) is 2.28. The summed E-state index contributed by atoms with van der Waals surface area (Å²) < 4.78 is 27.1. The van der Waals surface area contributed by atoms with Gasteiger partial charge in [0.25, 0.3) is 0 Å². The molecule has 0 spiro atoms. The van der Waals surface area contributed by atoms with Crippen LogP contribution in [0.5, 0.6) is 5.75 Å². The molecule has 0 bridgehead atoms. The number of sulfonamides is 1. The molecule has 0 heterocycles. The van der Waals surface area contributed by atoms with Crippen LogP contribution >= 0.6 is 0 Å². The predicted molar refractivity (Wildman–Crippen MR) is 73.1 cm³/mol. The number of nitrogen functional groups attached to an aromatic ring is 1. The quantitative estimate of drug-likeness (QED) is 0.636. The molecule has 0 saturated carbocycles. The number of hydrogen-bond acceptors (Lipinski definition) is 5. The van der Waals surface area contributed by atoms with Crippen molar-refractivity contribution in [2.75, 3.05) is 30.0 Å². The standard InChI is InChI=1S/C11H19N3O3S/c1-2-7-17-10-5-3-4-9(11(10)12)14-6-8-18(13,15)16/h3-5,14H,2,6-8,12H2,1H3,(H2,13,15,16). The van der Waals surface area contributed by atoms with Gasteiger partial charge in [0.15, 0.2) is 0 Å². The summed E-state index contributed by atoms with van der Waals surface area (Å²) in [5.41, 5.74) is 7.02. The van der Waals surface area contributed by atoms with Crippen LogP contribution in [0.3, 0.4) is 0 Å². The number of benzene rings is 1. The molecule has 0 radical (unpaired) electrons. The SMILES string of the molecule is CCCOc1cccc(NCCS(N)(=O)=O)c1N. The molecule has 0 unspecified atom stereocenters. The van der Waals surface area contributed by atoms with Gasteiger partial charge >= 0.3 is 0 Å². The van der Waals surface area contributed by atoms with Crippen LogP contribution in [-0.4, -0.2) is 27.3 Å². The van der Waals surface area contributed by atoms with E-state index in [0.29, 0.717) is 23.7 Å². The summed E-state index contributed by atoms with van der Waals surface area (Å²) in [6.07, 6.45) is 0.891. The van der Waals surface area contributed by atoms with Crippen LogP contribution in [0.1, 0.15) is 13.3 Å². The third kappa shape index (κ3) is 4.80. The minimum absolute atomic E-state index is 0.146. The lowest BCUT2D eigenvalue weighted by molar-refractivity contribution is 0.319. The molecular weight excluding hydrogens is 254 g/mol. The smallest absolute Gasteiger partial charge is 0.210 e. The van der Waals surface area contributed by atoms with Gasteiger partial charge in [-0.05, 0) is 18.6 Å². The number of anilines is 2. The van der Waals surface area contributed by atoms with Gasteiger partial charge in [-0.2, -0.15) is 0 Å². The Labute approximate surface area is 107 Å². The number of para-hydroxylation sites is 1. The van der Waals surface area contributed by atoms with Crippen molar-refractivity contribution >= 4 is 21.4 Å². The van der Waals surface area contributed by atoms with E-state index in [1.807, 2.05) is 6.92 Å². The maximum Gasteiger partial charge on any atom is 0.210 e. The molecule has 0 amide bonds. The zero-order valence-electron chi connectivity index (χ0n) is 10.3. The summed E-state index contributed by atoms with van der Waals surface area (Å²) in [4.78, 5) is 0. The van der Waals surface area contributed by atoms with Crippen molar-refractivity contribution in [2.24, 2.45) is 5.14 Å². The zero-order chi connectivity index (χ0) is 13.6. The van der Waals surface area contributed by atoms with Crippen LogP contribution < -0.4 is 20.9 Å². The first-order valence-electron chi connectivity index (χ1n) is 5.69. The van der Waals surface area contributed by atoms with Gasteiger partial charge in [0.05, 0.1) is 23.7 Å². The van der Waals surface area contributed by atoms with E-state index in [-0.39, 0.29) is 12.3 Å². The van der Waals surface area contributed by atoms with E-state index in [4.69, 9.17) is 15.6 Å². The fourth-order valence-corrected chi connectivity index (χ4v) is 1.75. The Hall–Kier alpha value is -1.47. The molecule has 6 nitrogen and oxygen atoms in total. The highest BCUT2D eigenvalue weighted by molar-refractivity contribution is 7.89. The molecule has 102 valence electrons. The summed E-state index contributed by atoms with van der Waals surface area (Å²) in [6, 6.07) is 5.33. The number of hydrogen-bond donors (Lipinski definition) is 3. The molecule has 1 aromatic rings.